The number of para-hydroxylation sites is 1. The van der Waals surface area contributed by atoms with E-state index in [9.17, 15) is 4.79 Å². The van der Waals surface area contributed by atoms with Gasteiger partial charge in [-0.1, -0.05) is 18.2 Å². The van der Waals surface area contributed by atoms with Crippen molar-refractivity contribution in [1.29, 1.82) is 0 Å². The molecule has 1 fully saturated rings. The number of nitrogens with one attached hydrogen (secondary N) is 2. The van der Waals surface area contributed by atoms with Gasteiger partial charge in [-0.3, -0.25) is 10.1 Å². The highest BCUT2D eigenvalue weighted by Crippen LogP contribution is 2.32. The number of piperidine rings is 1. The van der Waals surface area contributed by atoms with E-state index in [1.54, 1.807) is 11.3 Å². The quantitative estimate of drug-likeness (QED) is 0.908. The van der Waals surface area contributed by atoms with E-state index >= 15 is 0 Å². The maximum Gasteiger partial charge on any atom is 0.267 e. The maximum atomic E-state index is 12.4. The van der Waals surface area contributed by atoms with Crippen LogP contribution in [0.25, 0.3) is 0 Å². The fraction of sp³-hybridized carbons (Fsp3) is 0.412. The smallest absolute Gasteiger partial charge is 0.267 e. The lowest BCUT2D eigenvalue weighted by Gasteiger charge is -2.20. The first-order valence-electron chi connectivity index (χ1n) is 8.01. The van der Waals surface area contributed by atoms with Gasteiger partial charge in [-0.15, -0.1) is 11.3 Å². The van der Waals surface area contributed by atoms with Crippen molar-refractivity contribution in [3.63, 3.8) is 0 Å². The minimum absolute atomic E-state index is 0.118. The van der Waals surface area contributed by atoms with Gasteiger partial charge in [0.05, 0.1) is 0 Å². The van der Waals surface area contributed by atoms with E-state index in [0.717, 1.165) is 37.2 Å². The van der Waals surface area contributed by atoms with Crippen LogP contribution in [-0.2, 0) is 11.2 Å². The number of nitrogens with zero attached hydrogens (tertiary/aromatic N) is 1. The van der Waals surface area contributed by atoms with Gasteiger partial charge in [0, 0.05) is 17.5 Å². The lowest BCUT2D eigenvalue weighted by molar-refractivity contribution is -0.122. The average Bonchev–Trinajstić information content (AvgIpc) is 3.22. The highest BCUT2D eigenvalue weighted by molar-refractivity contribution is 7.15. The Balaban J connectivity index is 1.39. The second-order valence-electron chi connectivity index (χ2n) is 6.00. The summed E-state index contributed by atoms with van der Waals surface area (Å²) in [5, 5.41) is 6.94. The van der Waals surface area contributed by atoms with Crippen LogP contribution >= 0.6 is 11.3 Å². The number of aromatic nitrogens is 1. The van der Waals surface area contributed by atoms with Gasteiger partial charge < -0.3 is 10.1 Å². The summed E-state index contributed by atoms with van der Waals surface area (Å²) in [7, 11) is 0. The molecule has 1 amide bonds. The Labute approximate surface area is 139 Å². The highest BCUT2D eigenvalue weighted by atomic mass is 32.1. The number of benzene rings is 1. The normalized spacial score (nSPS) is 20.8. The van der Waals surface area contributed by atoms with Crippen LogP contribution in [0.3, 0.4) is 0 Å². The molecule has 23 heavy (non-hydrogen) atoms. The molecule has 2 N–H and O–H groups in total. The number of ether oxygens (including phenoxy) is 1. The molecule has 120 valence electrons. The van der Waals surface area contributed by atoms with E-state index in [4.69, 9.17) is 4.74 Å². The fourth-order valence-corrected chi connectivity index (χ4v) is 4.14. The Morgan fingerprint density at radius 1 is 1.30 bits per heavy atom. The molecule has 1 aromatic heterocycles. The third-order valence-electron chi connectivity index (χ3n) is 4.43. The van der Waals surface area contributed by atoms with Crippen molar-refractivity contribution in [2.24, 2.45) is 0 Å². The Morgan fingerprint density at radius 3 is 2.96 bits per heavy atom. The molecule has 1 atom stereocenters. The van der Waals surface area contributed by atoms with Gasteiger partial charge in [0.25, 0.3) is 5.91 Å². The zero-order valence-corrected chi connectivity index (χ0v) is 13.6. The summed E-state index contributed by atoms with van der Waals surface area (Å²) in [5.74, 6) is 1.25. The number of carbonyl (C=O) groups excluding carboxylic acids is 1. The second-order valence-corrected chi connectivity index (χ2v) is 7.06. The summed E-state index contributed by atoms with van der Waals surface area (Å²) < 4.78 is 5.72. The molecule has 0 radical (unpaired) electrons. The van der Waals surface area contributed by atoms with Gasteiger partial charge in [0.2, 0.25) is 0 Å². The van der Waals surface area contributed by atoms with Crippen molar-refractivity contribution in [2.45, 2.75) is 31.3 Å². The van der Waals surface area contributed by atoms with Gasteiger partial charge in [-0.25, -0.2) is 4.98 Å². The van der Waals surface area contributed by atoms with Crippen molar-refractivity contribution >= 4 is 22.4 Å². The monoisotopic (exact) mass is 329 g/mol. The number of thiazole rings is 1. The lowest BCUT2D eigenvalue weighted by Crippen LogP contribution is -2.31. The van der Waals surface area contributed by atoms with E-state index in [1.165, 1.54) is 4.88 Å². The molecule has 1 unspecified atom stereocenters. The Hall–Kier alpha value is -1.92. The lowest BCUT2D eigenvalue weighted by atomic mass is 9.97. The third-order valence-corrected chi connectivity index (χ3v) is 5.51. The van der Waals surface area contributed by atoms with Crippen LogP contribution in [0.4, 0.5) is 5.13 Å². The number of carbonyl (C=O) groups is 1. The van der Waals surface area contributed by atoms with Crippen LogP contribution in [0.5, 0.6) is 5.75 Å². The van der Waals surface area contributed by atoms with Crippen molar-refractivity contribution < 1.29 is 9.53 Å². The Kier molecular flexibility index (Phi) is 4.01. The van der Waals surface area contributed by atoms with Crippen LogP contribution in [0.2, 0.25) is 0 Å². The van der Waals surface area contributed by atoms with Crippen LogP contribution in [0, 0.1) is 0 Å². The first-order chi connectivity index (χ1) is 11.3. The van der Waals surface area contributed by atoms with Crippen molar-refractivity contribution in [3.05, 3.63) is 40.9 Å². The average molecular weight is 329 g/mol. The molecule has 0 aliphatic carbocycles. The zero-order valence-electron chi connectivity index (χ0n) is 12.7. The largest absolute Gasteiger partial charge is 0.480 e. The van der Waals surface area contributed by atoms with E-state index < -0.39 is 6.10 Å². The minimum atomic E-state index is -0.460. The predicted octanol–water partition coefficient (Wildman–Crippen LogP) is 2.55. The number of hydrogen-bond donors (Lipinski definition) is 2. The summed E-state index contributed by atoms with van der Waals surface area (Å²) in [6.07, 6.45) is 4.33. The molecule has 2 aromatic rings. The van der Waals surface area contributed by atoms with Crippen molar-refractivity contribution in [3.8, 4) is 5.75 Å². The summed E-state index contributed by atoms with van der Waals surface area (Å²) in [6, 6.07) is 7.79. The summed E-state index contributed by atoms with van der Waals surface area (Å²) in [6.45, 7) is 2.11. The van der Waals surface area contributed by atoms with Crippen molar-refractivity contribution in [2.75, 3.05) is 18.4 Å². The van der Waals surface area contributed by atoms with Crippen LogP contribution in [0.1, 0.15) is 29.2 Å². The molecular formula is C17H19N3O2S. The number of amides is 1. The number of fused-ring (bicyclic) bond motifs is 1. The molecule has 6 heteroatoms. The fourth-order valence-electron chi connectivity index (χ4n) is 3.15. The van der Waals surface area contributed by atoms with Gasteiger partial charge in [0.1, 0.15) is 5.75 Å². The highest BCUT2D eigenvalue weighted by Gasteiger charge is 2.29. The van der Waals surface area contributed by atoms with Gasteiger partial charge in [-0.05, 0) is 43.5 Å². The molecule has 2 aliphatic rings. The summed E-state index contributed by atoms with van der Waals surface area (Å²) in [5.41, 5.74) is 1.09. The van der Waals surface area contributed by atoms with Crippen molar-refractivity contribution in [1.82, 2.24) is 10.3 Å². The number of hydrogen-bond acceptors (Lipinski definition) is 5. The maximum absolute atomic E-state index is 12.4. The van der Waals surface area contributed by atoms with Crippen LogP contribution < -0.4 is 15.4 Å². The molecule has 1 aromatic carbocycles. The molecule has 0 bridgehead atoms. The molecule has 3 heterocycles. The van der Waals surface area contributed by atoms with Gasteiger partial charge in [-0.2, -0.15) is 0 Å². The zero-order chi connectivity index (χ0) is 15.6. The van der Waals surface area contributed by atoms with E-state index in [-0.39, 0.29) is 5.91 Å². The molecule has 1 saturated heterocycles. The third kappa shape index (κ3) is 3.09. The van der Waals surface area contributed by atoms with E-state index in [1.807, 2.05) is 30.5 Å². The Bertz CT molecular complexity index is 684. The van der Waals surface area contributed by atoms with Crippen LogP contribution in [-0.4, -0.2) is 30.1 Å². The molecule has 0 saturated carbocycles. The summed E-state index contributed by atoms with van der Waals surface area (Å²) >= 11 is 1.58. The Morgan fingerprint density at radius 2 is 2.13 bits per heavy atom. The summed E-state index contributed by atoms with van der Waals surface area (Å²) in [4.78, 5) is 18.0. The molecule has 4 rings (SSSR count). The molecule has 2 aliphatic heterocycles. The van der Waals surface area contributed by atoms with Gasteiger partial charge >= 0.3 is 0 Å². The first-order valence-corrected chi connectivity index (χ1v) is 8.83. The topological polar surface area (TPSA) is 63.2 Å². The molecule has 0 spiro atoms. The standard InChI is InChI=1S/C17H19N3O2S/c21-16(14-9-12-3-1-2-4-13(12)22-14)20-17-19-10-15(23-17)11-5-7-18-8-6-11/h1-4,10-11,14,18H,5-9H2,(H,19,20,21). The number of rotatable bonds is 3. The SMILES string of the molecule is O=C(Nc1ncc(C2CCNCC2)s1)C1Cc2ccccc2O1. The molecular weight excluding hydrogens is 310 g/mol. The predicted molar refractivity (Wildman–Crippen MR) is 90.2 cm³/mol. The minimum Gasteiger partial charge on any atom is -0.480 e. The first kappa shape index (κ1) is 14.7. The van der Waals surface area contributed by atoms with Gasteiger partial charge in [0.15, 0.2) is 11.2 Å². The van der Waals surface area contributed by atoms with E-state index in [2.05, 4.69) is 15.6 Å². The second kappa shape index (κ2) is 6.29. The van der Waals surface area contributed by atoms with E-state index in [0.29, 0.717) is 17.5 Å². The van der Waals surface area contributed by atoms with Crippen LogP contribution in [0.15, 0.2) is 30.5 Å². The molecule has 5 nitrogen and oxygen atoms in total. The number of anilines is 1.